The van der Waals surface area contributed by atoms with Crippen molar-refractivity contribution in [2.75, 3.05) is 12.4 Å². The summed E-state index contributed by atoms with van der Waals surface area (Å²) in [6, 6.07) is 2.10. The van der Waals surface area contributed by atoms with Crippen LogP contribution in [0.4, 0.5) is 5.82 Å². The molecule has 1 N–H and O–H groups in total. The Labute approximate surface area is 90.9 Å². The SMILES string of the molecule is CNc1ncc(OC2CC2)cc1C(C)C. The average molecular weight is 206 g/mol. The van der Waals surface area contributed by atoms with Gasteiger partial charge >= 0.3 is 0 Å². The third kappa shape index (κ3) is 2.41. The number of hydrogen-bond donors (Lipinski definition) is 1. The lowest BCUT2D eigenvalue weighted by Gasteiger charge is -2.13. The highest BCUT2D eigenvalue weighted by Crippen LogP contribution is 2.30. The smallest absolute Gasteiger partial charge is 0.138 e. The van der Waals surface area contributed by atoms with Crippen molar-refractivity contribution in [1.29, 1.82) is 0 Å². The highest BCUT2D eigenvalue weighted by Gasteiger charge is 2.24. The van der Waals surface area contributed by atoms with Crippen LogP contribution in [0.5, 0.6) is 5.75 Å². The minimum absolute atomic E-state index is 0.437. The number of aromatic nitrogens is 1. The van der Waals surface area contributed by atoms with E-state index in [1.807, 2.05) is 7.05 Å². The number of nitrogens with one attached hydrogen (secondary N) is 1. The van der Waals surface area contributed by atoms with Gasteiger partial charge in [0.2, 0.25) is 0 Å². The second-order valence-corrected chi connectivity index (χ2v) is 4.33. The summed E-state index contributed by atoms with van der Waals surface area (Å²) in [5, 5.41) is 3.11. The van der Waals surface area contributed by atoms with E-state index >= 15 is 0 Å². The lowest BCUT2D eigenvalue weighted by atomic mass is 10.0. The molecule has 82 valence electrons. The number of ether oxygens (including phenoxy) is 1. The predicted octanol–water partition coefficient (Wildman–Crippen LogP) is 2.79. The van der Waals surface area contributed by atoms with Gasteiger partial charge in [-0.25, -0.2) is 4.98 Å². The summed E-state index contributed by atoms with van der Waals surface area (Å²) >= 11 is 0. The molecule has 0 bridgehead atoms. The van der Waals surface area contributed by atoms with E-state index < -0.39 is 0 Å². The zero-order valence-electron chi connectivity index (χ0n) is 9.58. The Morgan fingerprint density at radius 3 is 2.73 bits per heavy atom. The van der Waals surface area contributed by atoms with Crippen LogP contribution in [0, 0.1) is 0 Å². The summed E-state index contributed by atoms with van der Waals surface area (Å²) in [5.74, 6) is 2.32. The number of nitrogens with zero attached hydrogens (tertiary/aromatic N) is 1. The van der Waals surface area contributed by atoms with Gasteiger partial charge in [0, 0.05) is 12.6 Å². The maximum Gasteiger partial charge on any atom is 0.138 e. The van der Waals surface area contributed by atoms with E-state index in [1.54, 1.807) is 6.20 Å². The molecule has 1 fully saturated rings. The van der Waals surface area contributed by atoms with Crippen molar-refractivity contribution in [3.8, 4) is 5.75 Å². The van der Waals surface area contributed by atoms with Crippen LogP contribution < -0.4 is 10.1 Å². The van der Waals surface area contributed by atoms with E-state index in [0.29, 0.717) is 12.0 Å². The zero-order chi connectivity index (χ0) is 10.8. The molecule has 1 aliphatic rings. The second-order valence-electron chi connectivity index (χ2n) is 4.33. The molecular weight excluding hydrogens is 188 g/mol. The quantitative estimate of drug-likeness (QED) is 0.822. The van der Waals surface area contributed by atoms with Gasteiger partial charge in [0.1, 0.15) is 11.6 Å². The predicted molar refractivity (Wildman–Crippen MR) is 61.5 cm³/mol. The fourth-order valence-corrected chi connectivity index (χ4v) is 1.55. The first-order chi connectivity index (χ1) is 7.20. The van der Waals surface area contributed by atoms with Crippen molar-refractivity contribution >= 4 is 5.82 Å². The summed E-state index contributed by atoms with van der Waals surface area (Å²) < 4.78 is 5.73. The standard InChI is InChI=1S/C12H18N2O/c1-8(2)11-6-10(15-9-4-5-9)7-14-12(11)13-3/h6-9H,4-5H2,1-3H3,(H,13,14). The Kier molecular flexibility index (Phi) is 2.80. The van der Waals surface area contributed by atoms with Gasteiger partial charge in [-0.2, -0.15) is 0 Å². The van der Waals surface area contributed by atoms with Gasteiger partial charge in [-0.15, -0.1) is 0 Å². The molecule has 0 aromatic carbocycles. The Morgan fingerprint density at radius 2 is 2.20 bits per heavy atom. The number of pyridine rings is 1. The number of hydrogen-bond acceptors (Lipinski definition) is 3. The Hall–Kier alpha value is -1.25. The van der Waals surface area contributed by atoms with Crippen LogP contribution in [-0.4, -0.2) is 18.1 Å². The van der Waals surface area contributed by atoms with Crippen LogP contribution in [-0.2, 0) is 0 Å². The molecule has 1 aromatic heterocycles. The third-order valence-corrected chi connectivity index (χ3v) is 2.58. The lowest BCUT2D eigenvalue weighted by molar-refractivity contribution is 0.301. The highest BCUT2D eigenvalue weighted by molar-refractivity contribution is 5.48. The molecule has 1 saturated carbocycles. The maximum atomic E-state index is 5.73. The molecule has 15 heavy (non-hydrogen) atoms. The molecule has 0 aliphatic heterocycles. The number of rotatable bonds is 4. The molecule has 0 amide bonds. The minimum Gasteiger partial charge on any atom is -0.489 e. The van der Waals surface area contributed by atoms with E-state index in [4.69, 9.17) is 4.74 Å². The first-order valence-electron chi connectivity index (χ1n) is 5.55. The van der Waals surface area contributed by atoms with Crippen molar-refractivity contribution < 1.29 is 4.74 Å². The first-order valence-corrected chi connectivity index (χ1v) is 5.55. The van der Waals surface area contributed by atoms with E-state index in [-0.39, 0.29) is 0 Å². The van der Waals surface area contributed by atoms with Crippen LogP contribution in [0.1, 0.15) is 38.2 Å². The van der Waals surface area contributed by atoms with Crippen molar-refractivity contribution in [2.24, 2.45) is 0 Å². The van der Waals surface area contributed by atoms with Crippen LogP contribution >= 0.6 is 0 Å². The van der Waals surface area contributed by atoms with Gasteiger partial charge in [-0.3, -0.25) is 0 Å². The normalized spacial score (nSPS) is 15.5. The molecule has 3 nitrogen and oxygen atoms in total. The second kappa shape index (κ2) is 4.09. The van der Waals surface area contributed by atoms with Gasteiger partial charge in [-0.1, -0.05) is 13.8 Å². The van der Waals surface area contributed by atoms with Crippen molar-refractivity contribution in [3.63, 3.8) is 0 Å². The van der Waals surface area contributed by atoms with E-state index in [1.165, 1.54) is 18.4 Å². The van der Waals surface area contributed by atoms with Crippen molar-refractivity contribution in [1.82, 2.24) is 4.98 Å². The third-order valence-electron chi connectivity index (χ3n) is 2.58. The van der Waals surface area contributed by atoms with Crippen LogP contribution in [0.25, 0.3) is 0 Å². The molecule has 0 atom stereocenters. The van der Waals surface area contributed by atoms with Crippen molar-refractivity contribution in [2.45, 2.75) is 38.7 Å². The fraction of sp³-hybridized carbons (Fsp3) is 0.583. The van der Waals surface area contributed by atoms with E-state index in [9.17, 15) is 0 Å². The maximum absolute atomic E-state index is 5.73. The van der Waals surface area contributed by atoms with Gasteiger partial charge < -0.3 is 10.1 Å². The minimum atomic E-state index is 0.437. The van der Waals surface area contributed by atoms with E-state index in [0.717, 1.165) is 11.6 Å². The van der Waals surface area contributed by atoms with Crippen LogP contribution in [0.15, 0.2) is 12.3 Å². The summed E-state index contributed by atoms with van der Waals surface area (Å²) in [6.07, 6.45) is 4.61. The summed E-state index contributed by atoms with van der Waals surface area (Å²) in [4.78, 5) is 4.36. The zero-order valence-corrected chi connectivity index (χ0v) is 9.58. The van der Waals surface area contributed by atoms with Gasteiger partial charge in [0.05, 0.1) is 12.3 Å². The summed E-state index contributed by atoms with van der Waals surface area (Å²) in [5.41, 5.74) is 1.22. The van der Waals surface area contributed by atoms with Gasteiger partial charge in [-0.05, 0) is 24.8 Å². The van der Waals surface area contributed by atoms with Gasteiger partial charge in [0.15, 0.2) is 0 Å². The van der Waals surface area contributed by atoms with Gasteiger partial charge in [0.25, 0.3) is 0 Å². The monoisotopic (exact) mass is 206 g/mol. The number of anilines is 1. The van der Waals surface area contributed by atoms with Crippen molar-refractivity contribution in [3.05, 3.63) is 17.8 Å². The average Bonchev–Trinajstić information content (AvgIpc) is 3.01. The summed E-state index contributed by atoms with van der Waals surface area (Å²) in [7, 11) is 1.90. The Balaban J connectivity index is 2.22. The Morgan fingerprint density at radius 1 is 1.47 bits per heavy atom. The van der Waals surface area contributed by atoms with Crippen LogP contribution in [0.3, 0.4) is 0 Å². The van der Waals surface area contributed by atoms with E-state index in [2.05, 4.69) is 30.2 Å². The first kappa shape index (κ1) is 10.3. The lowest BCUT2D eigenvalue weighted by Crippen LogP contribution is -2.03. The van der Waals surface area contributed by atoms with Crippen LogP contribution in [0.2, 0.25) is 0 Å². The molecule has 0 spiro atoms. The molecule has 1 heterocycles. The topological polar surface area (TPSA) is 34.2 Å². The Bertz CT molecular complexity index is 345. The molecular formula is C12H18N2O. The molecule has 0 unspecified atom stereocenters. The molecule has 0 radical (unpaired) electrons. The highest BCUT2D eigenvalue weighted by atomic mass is 16.5. The largest absolute Gasteiger partial charge is 0.489 e. The molecule has 1 aliphatic carbocycles. The molecule has 1 aromatic rings. The molecule has 0 saturated heterocycles. The molecule has 2 rings (SSSR count). The fourth-order valence-electron chi connectivity index (χ4n) is 1.55. The summed E-state index contributed by atoms with van der Waals surface area (Å²) in [6.45, 7) is 4.33. The molecule has 3 heteroatoms.